The van der Waals surface area contributed by atoms with Crippen molar-refractivity contribution in [1.82, 2.24) is 0 Å². The maximum atomic E-state index is 11.6. The Morgan fingerprint density at radius 1 is 1.35 bits per heavy atom. The Balaban J connectivity index is 3.04. The van der Waals surface area contributed by atoms with Gasteiger partial charge in [0.15, 0.2) is 11.5 Å². The molecular formula is C14H18BrNO4. The molecule has 0 spiro atoms. The van der Waals surface area contributed by atoms with Gasteiger partial charge in [-0.1, -0.05) is 15.9 Å². The number of ketones is 1. The standard InChI is InChI=1S/C14H18BrNO4/c1-8(17)10-5-9(15)6-11(16)12(10)20-7-14(2,3)13(18)19-4/h5-6H,7,16H2,1-4H3. The molecule has 0 heterocycles. The molecule has 0 radical (unpaired) electrons. The molecule has 0 saturated carbocycles. The van der Waals surface area contributed by atoms with Crippen molar-refractivity contribution in [2.24, 2.45) is 5.41 Å². The van der Waals surface area contributed by atoms with Crippen LogP contribution in [0.5, 0.6) is 5.75 Å². The molecule has 0 aromatic heterocycles. The first kappa shape index (κ1) is 16.5. The van der Waals surface area contributed by atoms with Gasteiger partial charge in [-0.25, -0.2) is 0 Å². The minimum Gasteiger partial charge on any atom is -0.489 e. The predicted molar refractivity (Wildman–Crippen MR) is 79.9 cm³/mol. The Bertz CT molecular complexity index is 540. The van der Waals surface area contributed by atoms with E-state index >= 15 is 0 Å². The van der Waals surface area contributed by atoms with Gasteiger partial charge < -0.3 is 15.2 Å². The molecule has 0 amide bonds. The van der Waals surface area contributed by atoms with Gasteiger partial charge in [0, 0.05) is 4.47 Å². The Morgan fingerprint density at radius 3 is 2.45 bits per heavy atom. The van der Waals surface area contributed by atoms with Crippen LogP contribution in [0.25, 0.3) is 0 Å². The Labute approximate surface area is 126 Å². The fraction of sp³-hybridized carbons (Fsp3) is 0.429. The van der Waals surface area contributed by atoms with E-state index in [4.69, 9.17) is 15.2 Å². The van der Waals surface area contributed by atoms with Crippen LogP contribution in [0.3, 0.4) is 0 Å². The van der Waals surface area contributed by atoms with Crippen LogP contribution in [0.4, 0.5) is 5.69 Å². The van der Waals surface area contributed by atoms with E-state index in [1.54, 1.807) is 26.0 Å². The largest absolute Gasteiger partial charge is 0.489 e. The van der Waals surface area contributed by atoms with Crippen molar-refractivity contribution in [3.63, 3.8) is 0 Å². The number of hydrogen-bond donors (Lipinski definition) is 1. The summed E-state index contributed by atoms with van der Waals surface area (Å²) in [5.41, 5.74) is 5.75. The van der Waals surface area contributed by atoms with Gasteiger partial charge in [0.1, 0.15) is 6.61 Å². The molecule has 6 heteroatoms. The highest BCUT2D eigenvalue weighted by atomic mass is 79.9. The molecule has 0 bridgehead atoms. The van der Waals surface area contributed by atoms with E-state index < -0.39 is 11.4 Å². The number of halogens is 1. The van der Waals surface area contributed by atoms with Crippen molar-refractivity contribution in [2.45, 2.75) is 20.8 Å². The van der Waals surface area contributed by atoms with Crippen molar-refractivity contribution >= 4 is 33.4 Å². The van der Waals surface area contributed by atoms with Crippen LogP contribution in [0.1, 0.15) is 31.1 Å². The quantitative estimate of drug-likeness (QED) is 0.505. The number of ether oxygens (including phenoxy) is 2. The normalized spacial score (nSPS) is 11.1. The van der Waals surface area contributed by atoms with Crippen molar-refractivity contribution in [3.8, 4) is 5.75 Å². The average Bonchev–Trinajstić information content (AvgIpc) is 2.35. The fourth-order valence-corrected chi connectivity index (χ4v) is 2.10. The number of nitrogen functional groups attached to an aromatic ring is 1. The van der Waals surface area contributed by atoms with Crippen LogP contribution in [-0.4, -0.2) is 25.5 Å². The second kappa shape index (κ2) is 6.26. The van der Waals surface area contributed by atoms with Gasteiger partial charge >= 0.3 is 5.97 Å². The molecule has 1 aromatic rings. The molecule has 20 heavy (non-hydrogen) atoms. The maximum Gasteiger partial charge on any atom is 0.314 e. The first-order chi connectivity index (χ1) is 9.19. The number of anilines is 1. The molecular weight excluding hydrogens is 326 g/mol. The van der Waals surface area contributed by atoms with Gasteiger partial charge in [-0.05, 0) is 32.9 Å². The molecule has 0 fully saturated rings. The third kappa shape index (κ3) is 3.72. The zero-order chi connectivity index (χ0) is 15.5. The summed E-state index contributed by atoms with van der Waals surface area (Å²) in [6, 6.07) is 3.28. The molecule has 0 aliphatic rings. The Morgan fingerprint density at radius 2 is 1.95 bits per heavy atom. The molecule has 0 saturated heterocycles. The first-order valence-electron chi connectivity index (χ1n) is 6.00. The van der Waals surface area contributed by atoms with Gasteiger partial charge in [-0.3, -0.25) is 9.59 Å². The zero-order valence-electron chi connectivity index (χ0n) is 12.0. The number of carbonyl (C=O) groups excluding carboxylic acids is 2. The van der Waals surface area contributed by atoms with Gasteiger partial charge in [0.25, 0.3) is 0 Å². The van der Waals surface area contributed by atoms with E-state index in [2.05, 4.69) is 15.9 Å². The van der Waals surface area contributed by atoms with Crippen molar-refractivity contribution in [1.29, 1.82) is 0 Å². The Hall–Kier alpha value is -1.56. The monoisotopic (exact) mass is 343 g/mol. The summed E-state index contributed by atoms with van der Waals surface area (Å²) in [6.07, 6.45) is 0. The fourth-order valence-electron chi connectivity index (χ4n) is 1.63. The molecule has 0 aliphatic heterocycles. The highest BCUT2D eigenvalue weighted by molar-refractivity contribution is 9.10. The number of methoxy groups -OCH3 is 1. The van der Waals surface area contributed by atoms with Crippen molar-refractivity contribution in [3.05, 3.63) is 22.2 Å². The summed E-state index contributed by atoms with van der Waals surface area (Å²) < 4.78 is 11.0. The first-order valence-corrected chi connectivity index (χ1v) is 6.79. The molecule has 2 N–H and O–H groups in total. The van der Waals surface area contributed by atoms with E-state index in [1.807, 2.05) is 0 Å². The van der Waals surface area contributed by atoms with Gasteiger partial charge in [-0.2, -0.15) is 0 Å². The predicted octanol–water partition coefficient (Wildman–Crippen LogP) is 2.81. The molecule has 1 rings (SSSR count). The molecule has 0 atom stereocenters. The topological polar surface area (TPSA) is 78.6 Å². The minimum absolute atomic E-state index is 0.0613. The van der Waals surface area contributed by atoms with Gasteiger partial charge in [0.2, 0.25) is 0 Å². The van der Waals surface area contributed by atoms with Crippen LogP contribution in [0, 0.1) is 5.41 Å². The van der Waals surface area contributed by atoms with Gasteiger partial charge in [0.05, 0.1) is 23.8 Å². The number of hydrogen-bond acceptors (Lipinski definition) is 5. The summed E-state index contributed by atoms with van der Waals surface area (Å²) in [5, 5.41) is 0. The van der Waals surface area contributed by atoms with Crippen LogP contribution < -0.4 is 10.5 Å². The third-order valence-corrected chi connectivity index (χ3v) is 3.23. The lowest BCUT2D eigenvalue weighted by molar-refractivity contribution is -0.152. The highest BCUT2D eigenvalue weighted by Gasteiger charge is 2.30. The minimum atomic E-state index is -0.831. The van der Waals surface area contributed by atoms with E-state index in [0.29, 0.717) is 15.7 Å². The number of benzene rings is 1. The molecule has 1 aromatic carbocycles. The Kier molecular flexibility index (Phi) is 5.16. The average molecular weight is 344 g/mol. The smallest absolute Gasteiger partial charge is 0.314 e. The van der Waals surface area contributed by atoms with Crippen molar-refractivity contribution in [2.75, 3.05) is 19.5 Å². The lowest BCUT2D eigenvalue weighted by atomic mass is 9.95. The zero-order valence-corrected chi connectivity index (χ0v) is 13.5. The van der Waals surface area contributed by atoms with Crippen LogP contribution >= 0.6 is 15.9 Å². The van der Waals surface area contributed by atoms with Crippen molar-refractivity contribution < 1.29 is 19.1 Å². The van der Waals surface area contributed by atoms with E-state index in [0.717, 1.165) is 0 Å². The number of Topliss-reactive ketones (excluding diaryl/α,β-unsaturated/α-hetero) is 1. The number of carbonyl (C=O) groups is 2. The summed E-state index contributed by atoms with van der Waals surface area (Å²) in [5.74, 6) is -0.265. The van der Waals surface area contributed by atoms with E-state index in [1.165, 1.54) is 14.0 Å². The second-order valence-corrected chi connectivity index (χ2v) is 6.01. The second-order valence-electron chi connectivity index (χ2n) is 5.09. The number of nitrogens with two attached hydrogens (primary N) is 1. The van der Waals surface area contributed by atoms with Gasteiger partial charge in [-0.15, -0.1) is 0 Å². The molecule has 0 aliphatic carbocycles. The summed E-state index contributed by atoms with van der Waals surface area (Å²) >= 11 is 3.28. The number of rotatable bonds is 5. The highest BCUT2D eigenvalue weighted by Crippen LogP contribution is 2.32. The van der Waals surface area contributed by atoms with E-state index in [-0.39, 0.29) is 18.1 Å². The number of esters is 1. The third-order valence-electron chi connectivity index (χ3n) is 2.78. The maximum absolute atomic E-state index is 11.6. The summed E-state index contributed by atoms with van der Waals surface area (Å²) in [7, 11) is 1.32. The SMILES string of the molecule is COC(=O)C(C)(C)COc1c(N)cc(Br)cc1C(C)=O. The molecule has 5 nitrogen and oxygen atoms in total. The summed E-state index contributed by atoms with van der Waals surface area (Å²) in [6.45, 7) is 4.88. The lowest BCUT2D eigenvalue weighted by Gasteiger charge is -2.23. The lowest BCUT2D eigenvalue weighted by Crippen LogP contribution is -2.32. The van der Waals surface area contributed by atoms with Crippen LogP contribution in [-0.2, 0) is 9.53 Å². The molecule has 0 unspecified atom stereocenters. The van der Waals surface area contributed by atoms with Crippen LogP contribution in [0.15, 0.2) is 16.6 Å². The molecule has 110 valence electrons. The van der Waals surface area contributed by atoms with Crippen LogP contribution in [0.2, 0.25) is 0 Å². The summed E-state index contributed by atoms with van der Waals surface area (Å²) in [4.78, 5) is 23.2. The van der Waals surface area contributed by atoms with E-state index in [9.17, 15) is 9.59 Å².